The second-order valence-corrected chi connectivity index (χ2v) is 10.1. The van der Waals surface area contributed by atoms with Crippen LogP contribution in [0.5, 0.6) is 5.75 Å². The molecule has 5 aromatic rings. The maximum atomic E-state index is 10.6. The molecule has 0 saturated heterocycles. The van der Waals surface area contributed by atoms with Crippen LogP contribution in [0.15, 0.2) is 67.1 Å². The molecule has 5 rings (SSSR count). The lowest BCUT2D eigenvalue weighted by molar-refractivity contribution is -0.192. The van der Waals surface area contributed by atoms with Crippen LogP contribution < -0.4 is 15.4 Å². The van der Waals surface area contributed by atoms with Crippen molar-refractivity contribution in [3.8, 4) is 5.75 Å². The summed E-state index contributed by atoms with van der Waals surface area (Å²) in [7, 11) is 0. The van der Waals surface area contributed by atoms with E-state index in [1.165, 1.54) is 10.3 Å². The van der Waals surface area contributed by atoms with Crippen LogP contribution in [0.1, 0.15) is 18.2 Å². The number of anilines is 2. The molecule has 2 aromatic carbocycles. The highest BCUT2D eigenvalue weighted by Gasteiger charge is 2.38. The molecule has 0 fully saturated rings. The Bertz CT molecular complexity index is 1630. The Morgan fingerprint density at radius 2 is 1.90 bits per heavy atom. The van der Waals surface area contributed by atoms with Crippen molar-refractivity contribution >= 4 is 60.7 Å². The van der Waals surface area contributed by atoms with Crippen molar-refractivity contribution in [2.45, 2.75) is 26.1 Å². The third-order valence-electron chi connectivity index (χ3n) is 5.71. The number of likely N-dealkylation sites (N-methyl/N-ethyl adjacent to an activating group) is 1. The van der Waals surface area contributed by atoms with Crippen LogP contribution in [0, 0.1) is 0 Å². The van der Waals surface area contributed by atoms with Gasteiger partial charge in [0.25, 0.3) is 0 Å². The largest absolute Gasteiger partial charge is 0.490 e. The molecule has 0 aliphatic heterocycles. The number of nitrogens with one attached hydrogen (secondary N) is 2. The van der Waals surface area contributed by atoms with Crippen molar-refractivity contribution < 1.29 is 27.8 Å². The highest BCUT2D eigenvalue weighted by molar-refractivity contribution is 7.25. The lowest BCUT2D eigenvalue weighted by atomic mass is 10.1. The molecule has 13 heteroatoms. The summed E-state index contributed by atoms with van der Waals surface area (Å²) < 4.78 is 38.8. The molecule has 3 heterocycles. The van der Waals surface area contributed by atoms with Crippen molar-refractivity contribution in [2.24, 2.45) is 0 Å². The maximum Gasteiger partial charge on any atom is 0.490 e. The molecule has 0 aliphatic rings. The highest BCUT2D eigenvalue weighted by Crippen LogP contribution is 2.38. The number of pyridine rings is 1. The van der Waals surface area contributed by atoms with Gasteiger partial charge in [0.2, 0.25) is 0 Å². The number of carbonyl (C=O) groups is 1. The van der Waals surface area contributed by atoms with E-state index >= 15 is 0 Å². The summed E-state index contributed by atoms with van der Waals surface area (Å²) in [5, 5.41) is 16.6. The molecule has 8 nitrogen and oxygen atoms in total. The van der Waals surface area contributed by atoms with Gasteiger partial charge in [-0.25, -0.2) is 14.8 Å². The summed E-state index contributed by atoms with van der Waals surface area (Å²) in [6.45, 7) is 4.44. The van der Waals surface area contributed by atoms with Crippen LogP contribution >= 0.6 is 22.9 Å². The van der Waals surface area contributed by atoms with Gasteiger partial charge in [0.15, 0.2) is 0 Å². The minimum Gasteiger partial charge on any atom is -0.486 e. The summed E-state index contributed by atoms with van der Waals surface area (Å²) in [6, 6.07) is 18.0. The molecule has 0 radical (unpaired) electrons. The first kappa shape index (κ1) is 30.0. The first-order valence-electron chi connectivity index (χ1n) is 12.4. The number of ether oxygens (including phenoxy) is 1. The molecule has 214 valence electrons. The molecule has 3 aromatic heterocycles. The van der Waals surface area contributed by atoms with Gasteiger partial charge in [-0.05, 0) is 61.5 Å². The Morgan fingerprint density at radius 3 is 2.59 bits per heavy atom. The summed E-state index contributed by atoms with van der Waals surface area (Å²) in [6.07, 6.45) is -0.742. The molecule has 3 N–H and O–H groups in total. The van der Waals surface area contributed by atoms with Gasteiger partial charge in [-0.2, -0.15) is 13.2 Å². The van der Waals surface area contributed by atoms with Crippen LogP contribution in [0.25, 0.3) is 20.3 Å². The van der Waals surface area contributed by atoms with Gasteiger partial charge in [-0.15, -0.1) is 11.3 Å². The lowest BCUT2D eigenvalue weighted by Gasteiger charge is -2.11. The zero-order valence-electron chi connectivity index (χ0n) is 21.7. The number of hydrogen-bond donors (Lipinski definition) is 3. The fraction of sp³-hybridized carbons (Fsp3) is 0.214. The van der Waals surface area contributed by atoms with Crippen LogP contribution in [-0.4, -0.2) is 45.3 Å². The number of carboxylic acids is 1. The molecule has 0 unspecified atom stereocenters. The quantitative estimate of drug-likeness (QED) is 0.155. The minimum atomic E-state index is -5.08. The number of aliphatic carboxylic acids is 1. The lowest BCUT2D eigenvalue weighted by Crippen LogP contribution is -2.21. The Balaban J connectivity index is 0.000000493. The normalized spacial score (nSPS) is 11.2. The number of hydrogen-bond acceptors (Lipinski definition) is 8. The molecular formula is C28H25ClF3N5O3S. The van der Waals surface area contributed by atoms with Crippen molar-refractivity contribution in [1.29, 1.82) is 0 Å². The molecule has 0 bridgehead atoms. The third kappa shape index (κ3) is 8.03. The number of alkyl halides is 3. The standard InChI is InChI=1S/C26H24ClN5OS.C2HF3O2/c1-2-28-12-10-17-6-8-20-23(13-17)34-26-24(20)25(30-16-31-26)32-18-7-9-22(21(27)14-18)33-15-19-5-3-4-11-29-19;3-2(4,5)1(6)7/h3-9,11,13-14,16,28H,2,10,12,15H2,1H3,(H,30,31,32);(H,6,7). The van der Waals surface area contributed by atoms with Crippen LogP contribution in [-0.2, 0) is 17.8 Å². The van der Waals surface area contributed by atoms with E-state index in [-0.39, 0.29) is 0 Å². The number of thiophene rings is 1. The molecule has 0 spiro atoms. The van der Waals surface area contributed by atoms with Gasteiger partial charge in [0.05, 0.1) is 16.1 Å². The van der Waals surface area contributed by atoms with Crippen molar-refractivity contribution in [3.63, 3.8) is 0 Å². The van der Waals surface area contributed by atoms with Gasteiger partial charge in [-0.1, -0.05) is 36.7 Å². The maximum absolute atomic E-state index is 10.6. The minimum absolute atomic E-state index is 0.358. The monoisotopic (exact) mass is 603 g/mol. The highest BCUT2D eigenvalue weighted by atomic mass is 35.5. The van der Waals surface area contributed by atoms with Gasteiger partial charge >= 0.3 is 12.1 Å². The SMILES string of the molecule is CCNCCc1ccc2c(c1)sc1ncnc(Nc3ccc(OCc4ccccn4)c(Cl)c3)c12.O=C(O)C(F)(F)F. The van der Waals surface area contributed by atoms with Crippen LogP contribution in [0.2, 0.25) is 5.02 Å². The fourth-order valence-corrected chi connectivity index (χ4v) is 5.12. The summed E-state index contributed by atoms with van der Waals surface area (Å²) in [4.78, 5) is 23.2. The predicted molar refractivity (Wildman–Crippen MR) is 154 cm³/mol. The van der Waals surface area contributed by atoms with Gasteiger partial charge in [0, 0.05) is 22.0 Å². The molecule has 0 amide bonds. The van der Waals surface area contributed by atoms with E-state index in [9.17, 15) is 13.2 Å². The van der Waals surface area contributed by atoms with Crippen molar-refractivity contribution in [2.75, 3.05) is 18.4 Å². The van der Waals surface area contributed by atoms with Crippen LogP contribution in [0.4, 0.5) is 24.7 Å². The van der Waals surface area contributed by atoms with Crippen molar-refractivity contribution in [3.05, 3.63) is 83.4 Å². The summed E-state index contributed by atoms with van der Waals surface area (Å²) in [5.74, 6) is -1.39. The smallest absolute Gasteiger partial charge is 0.486 e. The van der Waals surface area contributed by atoms with Gasteiger partial charge < -0.3 is 20.5 Å². The van der Waals surface area contributed by atoms with E-state index in [2.05, 4.69) is 50.7 Å². The van der Waals surface area contributed by atoms with E-state index < -0.39 is 12.1 Å². The topological polar surface area (TPSA) is 109 Å². The number of aromatic nitrogens is 3. The number of halogens is 4. The van der Waals surface area contributed by atoms with Crippen molar-refractivity contribution in [1.82, 2.24) is 20.3 Å². The molecule has 0 aliphatic carbocycles. The summed E-state index contributed by atoms with van der Waals surface area (Å²) >= 11 is 8.19. The first-order valence-corrected chi connectivity index (χ1v) is 13.6. The second kappa shape index (κ2) is 13.6. The second-order valence-electron chi connectivity index (χ2n) is 8.62. The van der Waals surface area contributed by atoms with E-state index in [0.29, 0.717) is 17.4 Å². The Labute approximate surface area is 242 Å². The number of rotatable bonds is 9. The number of carboxylic acid groups (broad SMARTS) is 1. The number of nitrogens with zero attached hydrogens (tertiary/aromatic N) is 3. The number of benzene rings is 2. The van der Waals surface area contributed by atoms with Crippen LogP contribution in [0.3, 0.4) is 0 Å². The van der Waals surface area contributed by atoms with E-state index in [1.807, 2.05) is 36.4 Å². The molecule has 41 heavy (non-hydrogen) atoms. The Morgan fingerprint density at radius 1 is 1.10 bits per heavy atom. The Hall–Kier alpha value is -4.00. The van der Waals surface area contributed by atoms with Gasteiger partial charge in [0.1, 0.15) is 29.3 Å². The van der Waals surface area contributed by atoms with E-state index in [0.717, 1.165) is 52.3 Å². The molecule has 0 atom stereocenters. The zero-order valence-corrected chi connectivity index (χ0v) is 23.3. The van der Waals surface area contributed by atoms with Gasteiger partial charge in [-0.3, -0.25) is 4.98 Å². The zero-order chi connectivity index (χ0) is 29.4. The fourth-order valence-electron chi connectivity index (χ4n) is 3.78. The molecule has 0 saturated carbocycles. The Kier molecular flexibility index (Phi) is 9.92. The number of fused-ring (bicyclic) bond motifs is 3. The average Bonchev–Trinajstić information content (AvgIpc) is 3.32. The van der Waals surface area contributed by atoms with E-state index in [1.54, 1.807) is 23.9 Å². The third-order valence-corrected chi connectivity index (χ3v) is 7.07. The predicted octanol–water partition coefficient (Wildman–Crippen LogP) is 7.00. The summed E-state index contributed by atoms with van der Waals surface area (Å²) in [5.41, 5.74) is 2.99. The molecular weight excluding hydrogens is 579 g/mol. The first-order chi connectivity index (χ1) is 19.7. The van der Waals surface area contributed by atoms with E-state index in [4.69, 9.17) is 26.2 Å². The average molecular weight is 604 g/mol.